The number of rotatable bonds is 7. The Morgan fingerprint density at radius 1 is 0.846 bits per heavy atom. The molecule has 0 aromatic carbocycles. The molecule has 3 unspecified atom stereocenters. The van der Waals surface area contributed by atoms with E-state index in [4.69, 9.17) is 0 Å². The summed E-state index contributed by atoms with van der Waals surface area (Å²) in [7, 11) is 0. The summed E-state index contributed by atoms with van der Waals surface area (Å²) in [6, 6.07) is 0. The van der Waals surface area contributed by atoms with Crippen LogP contribution in [0.3, 0.4) is 0 Å². The second-order valence-electron chi connectivity index (χ2n) is 4.72. The standard InChI is InChI=1S/C13H28/c1-6-8-9-10-12(4)13(5)11(3)7-2/h11-13H,6-10H2,1-5H3. The van der Waals surface area contributed by atoms with Gasteiger partial charge in [0, 0.05) is 0 Å². The van der Waals surface area contributed by atoms with E-state index < -0.39 is 0 Å². The van der Waals surface area contributed by atoms with Crippen molar-refractivity contribution in [2.45, 2.75) is 66.7 Å². The van der Waals surface area contributed by atoms with Crippen molar-refractivity contribution in [3.63, 3.8) is 0 Å². The van der Waals surface area contributed by atoms with Crippen LogP contribution in [0.4, 0.5) is 0 Å². The van der Waals surface area contributed by atoms with Gasteiger partial charge in [-0.05, 0) is 17.8 Å². The lowest BCUT2D eigenvalue weighted by Gasteiger charge is -2.25. The predicted molar refractivity (Wildman–Crippen MR) is 61.9 cm³/mol. The van der Waals surface area contributed by atoms with Gasteiger partial charge in [-0.25, -0.2) is 0 Å². The van der Waals surface area contributed by atoms with Crippen LogP contribution in [0.5, 0.6) is 0 Å². The quantitative estimate of drug-likeness (QED) is 0.494. The third-order valence-electron chi connectivity index (χ3n) is 3.70. The van der Waals surface area contributed by atoms with Gasteiger partial charge in [0.25, 0.3) is 0 Å². The summed E-state index contributed by atoms with van der Waals surface area (Å²) in [5, 5.41) is 0. The Morgan fingerprint density at radius 3 is 1.92 bits per heavy atom. The van der Waals surface area contributed by atoms with Crippen molar-refractivity contribution in [2.24, 2.45) is 17.8 Å². The molecule has 0 nitrogen and oxygen atoms in total. The molecule has 0 bridgehead atoms. The zero-order valence-corrected chi connectivity index (χ0v) is 10.3. The highest BCUT2D eigenvalue weighted by molar-refractivity contribution is 4.67. The first-order chi connectivity index (χ1) is 6.13. The molecule has 0 aromatic heterocycles. The normalized spacial score (nSPS) is 18.2. The van der Waals surface area contributed by atoms with Gasteiger partial charge >= 0.3 is 0 Å². The van der Waals surface area contributed by atoms with E-state index in [1.54, 1.807) is 0 Å². The maximum absolute atomic E-state index is 2.42. The average Bonchev–Trinajstić information content (AvgIpc) is 2.15. The molecule has 0 aliphatic heterocycles. The fourth-order valence-corrected chi connectivity index (χ4v) is 1.91. The lowest BCUT2D eigenvalue weighted by atomic mass is 9.81. The monoisotopic (exact) mass is 184 g/mol. The summed E-state index contributed by atoms with van der Waals surface area (Å²) in [4.78, 5) is 0. The maximum Gasteiger partial charge on any atom is -0.0391 e. The van der Waals surface area contributed by atoms with E-state index in [1.165, 1.54) is 32.1 Å². The van der Waals surface area contributed by atoms with Crippen LogP contribution in [0.15, 0.2) is 0 Å². The molecule has 0 saturated heterocycles. The van der Waals surface area contributed by atoms with Crippen molar-refractivity contribution in [3.8, 4) is 0 Å². The smallest absolute Gasteiger partial charge is 0.0391 e. The largest absolute Gasteiger partial charge is 0.0654 e. The minimum atomic E-state index is 0.900. The summed E-state index contributed by atoms with van der Waals surface area (Å²) < 4.78 is 0. The van der Waals surface area contributed by atoms with Crippen LogP contribution in [0, 0.1) is 17.8 Å². The van der Waals surface area contributed by atoms with Crippen LogP contribution < -0.4 is 0 Å². The molecule has 0 N–H and O–H groups in total. The summed E-state index contributed by atoms with van der Waals surface area (Å²) >= 11 is 0. The molecular formula is C13H28. The summed E-state index contributed by atoms with van der Waals surface area (Å²) in [6.45, 7) is 11.8. The second kappa shape index (κ2) is 7.41. The lowest BCUT2D eigenvalue weighted by Crippen LogP contribution is -2.15. The maximum atomic E-state index is 2.42. The lowest BCUT2D eigenvalue weighted by molar-refractivity contribution is 0.255. The fraction of sp³-hybridized carbons (Fsp3) is 1.00. The molecule has 13 heavy (non-hydrogen) atoms. The molecule has 3 atom stereocenters. The van der Waals surface area contributed by atoms with E-state index in [9.17, 15) is 0 Å². The Hall–Kier alpha value is 0. The highest BCUT2D eigenvalue weighted by atomic mass is 14.2. The van der Waals surface area contributed by atoms with Crippen LogP contribution in [0.2, 0.25) is 0 Å². The molecule has 0 saturated carbocycles. The van der Waals surface area contributed by atoms with Gasteiger partial charge < -0.3 is 0 Å². The van der Waals surface area contributed by atoms with Crippen molar-refractivity contribution in [1.82, 2.24) is 0 Å². The predicted octanol–water partition coefficient (Wildman–Crippen LogP) is 4.89. The Labute approximate surface area is 85.1 Å². The SMILES string of the molecule is CCCCCC(C)C(C)C(C)CC. The fourth-order valence-electron chi connectivity index (χ4n) is 1.91. The minimum Gasteiger partial charge on any atom is -0.0654 e. The molecule has 0 aromatic rings. The van der Waals surface area contributed by atoms with Crippen molar-refractivity contribution in [3.05, 3.63) is 0 Å². The van der Waals surface area contributed by atoms with Gasteiger partial charge in [0.2, 0.25) is 0 Å². The van der Waals surface area contributed by atoms with Gasteiger partial charge in [0.1, 0.15) is 0 Å². The third kappa shape index (κ3) is 5.33. The minimum absolute atomic E-state index is 0.900. The number of hydrogen-bond acceptors (Lipinski definition) is 0. The molecule has 0 radical (unpaired) electrons. The van der Waals surface area contributed by atoms with E-state index >= 15 is 0 Å². The van der Waals surface area contributed by atoms with Crippen LogP contribution in [-0.2, 0) is 0 Å². The van der Waals surface area contributed by atoms with E-state index in [2.05, 4.69) is 34.6 Å². The third-order valence-corrected chi connectivity index (χ3v) is 3.70. The second-order valence-corrected chi connectivity index (χ2v) is 4.72. The first-order valence-corrected chi connectivity index (χ1v) is 6.13. The number of unbranched alkanes of at least 4 members (excludes halogenated alkanes) is 2. The zero-order valence-electron chi connectivity index (χ0n) is 10.3. The Balaban J connectivity index is 3.62. The molecular weight excluding hydrogens is 156 g/mol. The van der Waals surface area contributed by atoms with Gasteiger partial charge in [-0.3, -0.25) is 0 Å². The van der Waals surface area contributed by atoms with Crippen LogP contribution in [0.25, 0.3) is 0 Å². The molecule has 0 heteroatoms. The molecule has 0 rings (SSSR count). The molecule has 0 spiro atoms. The highest BCUT2D eigenvalue weighted by Crippen LogP contribution is 2.26. The van der Waals surface area contributed by atoms with Crippen molar-refractivity contribution in [2.75, 3.05) is 0 Å². The summed E-state index contributed by atoms with van der Waals surface area (Å²) in [6.07, 6.45) is 6.96. The van der Waals surface area contributed by atoms with Crippen LogP contribution in [0.1, 0.15) is 66.7 Å². The first-order valence-electron chi connectivity index (χ1n) is 6.13. The van der Waals surface area contributed by atoms with Gasteiger partial charge in [-0.2, -0.15) is 0 Å². The average molecular weight is 184 g/mol. The Kier molecular flexibility index (Phi) is 7.41. The van der Waals surface area contributed by atoms with Gasteiger partial charge in [0.05, 0.1) is 0 Å². The molecule has 0 fully saturated rings. The van der Waals surface area contributed by atoms with Gasteiger partial charge in [0.15, 0.2) is 0 Å². The molecule has 0 aliphatic carbocycles. The van der Waals surface area contributed by atoms with E-state index in [1.807, 2.05) is 0 Å². The van der Waals surface area contributed by atoms with Gasteiger partial charge in [-0.1, -0.05) is 66.7 Å². The Bertz CT molecular complexity index is 107. The Morgan fingerprint density at radius 2 is 1.46 bits per heavy atom. The highest BCUT2D eigenvalue weighted by Gasteiger charge is 2.16. The van der Waals surface area contributed by atoms with E-state index in [0.29, 0.717) is 0 Å². The van der Waals surface area contributed by atoms with E-state index in [0.717, 1.165) is 17.8 Å². The zero-order chi connectivity index (χ0) is 10.3. The number of hydrogen-bond donors (Lipinski definition) is 0. The summed E-state index contributed by atoms with van der Waals surface area (Å²) in [5.41, 5.74) is 0. The molecule has 0 amide bonds. The molecule has 0 aliphatic rings. The van der Waals surface area contributed by atoms with Crippen molar-refractivity contribution >= 4 is 0 Å². The van der Waals surface area contributed by atoms with E-state index in [-0.39, 0.29) is 0 Å². The van der Waals surface area contributed by atoms with Crippen LogP contribution in [-0.4, -0.2) is 0 Å². The van der Waals surface area contributed by atoms with Gasteiger partial charge in [-0.15, -0.1) is 0 Å². The molecule has 0 heterocycles. The van der Waals surface area contributed by atoms with Crippen LogP contribution >= 0.6 is 0 Å². The van der Waals surface area contributed by atoms with Crippen molar-refractivity contribution in [1.29, 1.82) is 0 Å². The summed E-state index contributed by atoms with van der Waals surface area (Å²) in [5.74, 6) is 2.72. The van der Waals surface area contributed by atoms with Crippen molar-refractivity contribution < 1.29 is 0 Å². The topological polar surface area (TPSA) is 0 Å². The molecule has 80 valence electrons. The first kappa shape index (κ1) is 13.0.